The van der Waals surface area contributed by atoms with Crippen molar-refractivity contribution in [1.29, 1.82) is 0 Å². The van der Waals surface area contributed by atoms with Crippen molar-refractivity contribution in [2.24, 2.45) is 5.73 Å². The molecule has 0 aliphatic rings. The molecule has 13 heavy (non-hydrogen) atoms. The molecule has 5 N–H and O–H groups in total. The molecule has 0 fully saturated rings. The quantitative estimate of drug-likeness (QED) is 0.412. The van der Waals surface area contributed by atoms with Gasteiger partial charge < -0.3 is 21.3 Å². The molecule has 0 heterocycles. The van der Waals surface area contributed by atoms with Crippen molar-refractivity contribution < 1.29 is 19.8 Å². The van der Waals surface area contributed by atoms with Crippen LogP contribution in [0.2, 0.25) is 0 Å². The number of hydrogen-bond donors (Lipinski definition) is 4. The summed E-state index contributed by atoms with van der Waals surface area (Å²) in [6, 6.07) is -1.82. The number of carboxylic acid groups (broad SMARTS) is 1. The lowest BCUT2D eigenvalue weighted by atomic mass is 10.2. The molecule has 0 saturated carbocycles. The molecule has 0 rings (SSSR count). The van der Waals surface area contributed by atoms with E-state index >= 15 is 0 Å². The molecular formula is C7H14N2O4. The highest BCUT2D eigenvalue weighted by atomic mass is 16.4. The number of nitrogens with one attached hydrogen (secondary N) is 1. The van der Waals surface area contributed by atoms with E-state index in [9.17, 15) is 9.59 Å². The highest BCUT2D eigenvalue weighted by Crippen LogP contribution is 1.92. The Bertz CT molecular complexity index is 193. The minimum atomic E-state index is -1.18. The van der Waals surface area contributed by atoms with Crippen LogP contribution in [-0.4, -0.2) is 40.8 Å². The lowest BCUT2D eigenvalue weighted by molar-refractivity contribution is -0.142. The van der Waals surface area contributed by atoms with Crippen LogP contribution in [0.4, 0.5) is 0 Å². The van der Waals surface area contributed by atoms with Gasteiger partial charge in [0.2, 0.25) is 5.91 Å². The summed E-state index contributed by atoms with van der Waals surface area (Å²) in [6.45, 7) is 1.16. The first kappa shape index (κ1) is 11.9. The molecular weight excluding hydrogens is 176 g/mol. The second kappa shape index (κ2) is 5.50. The minimum Gasteiger partial charge on any atom is -0.480 e. The number of carbonyl (C=O) groups is 2. The van der Waals surface area contributed by atoms with Crippen LogP contribution >= 0.6 is 0 Å². The number of aliphatic hydroxyl groups excluding tert-OH is 1. The van der Waals surface area contributed by atoms with Crippen LogP contribution in [0.25, 0.3) is 0 Å². The van der Waals surface area contributed by atoms with Gasteiger partial charge in [-0.15, -0.1) is 0 Å². The van der Waals surface area contributed by atoms with Gasteiger partial charge >= 0.3 is 5.97 Å². The zero-order chi connectivity index (χ0) is 10.4. The fraction of sp³-hybridized carbons (Fsp3) is 0.714. The molecule has 0 aliphatic heterocycles. The first-order valence-corrected chi connectivity index (χ1v) is 3.88. The van der Waals surface area contributed by atoms with Crippen molar-refractivity contribution in [2.75, 3.05) is 6.61 Å². The number of aliphatic carboxylic acids is 1. The molecule has 1 amide bonds. The van der Waals surface area contributed by atoms with Crippen LogP contribution in [0.5, 0.6) is 0 Å². The fourth-order valence-corrected chi connectivity index (χ4v) is 0.690. The van der Waals surface area contributed by atoms with Crippen molar-refractivity contribution in [2.45, 2.75) is 25.4 Å². The zero-order valence-electron chi connectivity index (χ0n) is 7.36. The van der Waals surface area contributed by atoms with Gasteiger partial charge in [-0.25, -0.2) is 4.79 Å². The molecule has 76 valence electrons. The SMILES string of the molecule is C[C@@H](N)C(=O)N[C@@H](CCO)C(=O)O. The van der Waals surface area contributed by atoms with Crippen molar-refractivity contribution in [3.8, 4) is 0 Å². The van der Waals surface area contributed by atoms with Crippen molar-refractivity contribution >= 4 is 11.9 Å². The van der Waals surface area contributed by atoms with Crippen LogP contribution in [0, 0.1) is 0 Å². The topological polar surface area (TPSA) is 113 Å². The summed E-state index contributed by atoms with van der Waals surface area (Å²) in [4.78, 5) is 21.4. The van der Waals surface area contributed by atoms with E-state index in [1.54, 1.807) is 0 Å². The molecule has 0 aromatic rings. The molecule has 2 atom stereocenters. The van der Waals surface area contributed by atoms with Gasteiger partial charge in [0.15, 0.2) is 0 Å². The number of carboxylic acids is 1. The first-order valence-electron chi connectivity index (χ1n) is 3.88. The van der Waals surface area contributed by atoms with Crippen molar-refractivity contribution in [3.05, 3.63) is 0 Å². The maximum Gasteiger partial charge on any atom is 0.326 e. The fourth-order valence-electron chi connectivity index (χ4n) is 0.690. The minimum absolute atomic E-state index is 0.0200. The standard InChI is InChI=1S/C7H14N2O4/c1-4(8)6(11)9-5(2-3-10)7(12)13/h4-5,10H,2-3,8H2,1H3,(H,9,11)(H,12,13)/t4-,5+/m1/s1. The molecule has 0 aliphatic carbocycles. The summed E-state index contributed by atoms with van der Waals surface area (Å²) in [5, 5.41) is 19.3. The molecule has 0 aromatic carbocycles. The van der Waals surface area contributed by atoms with Gasteiger partial charge in [-0.05, 0) is 6.92 Å². The third-order valence-electron chi connectivity index (χ3n) is 1.45. The summed E-state index contributed by atoms with van der Waals surface area (Å²) in [5.41, 5.74) is 5.21. The summed E-state index contributed by atoms with van der Waals surface area (Å²) >= 11 is 0. The van der Waals surface area contributed by atoms with Crippen LogP contribution < -0.4 is 11.1 Å². The number of nitrogens with two attached hydrogens (primary N) is 1. The predicted molar refractivity (Wildman–Crippen MR) is 44.9 cm³/mol. The highest BCUT2D eigenvalue weighted by Gasteiger charge is 2.20. The van der Waals surface area contributed by atoms with Crippen molar-refractivity contribution in [3.63, 3.8) is 0 Å². The molecule has 6 heteroatoms. The average Bonchev–Trinajstić information content (AvgIpc) is 2.03. The largest absolute Gasteiger partial charge is 0.480 e. The lowest BCUT2D eigenvalue weighted by Gasteiger charge is -2.14. The predicted octanol–water partition coefficient (Wildman–Crippen LogP) is -1.71. The Morgan fingerprint density at radius 3 is 2.38 bits per heavy atom. The van der Waals surface area contributed by atoms with E-state index in [0.29, 0.717) is 0 Å². The van der Waals surface area contributed by atoms with Crippen LogP contribution in [0.15, 0.2) is 0 Å². The highest BCUT2D eigenvalue weighted by molar-refractivity contribution is 5.86. The number of hydrogen-bond acceptors (Lipinski definition) is 4. The van der Waals surface area contributed by atoms with Crippen LogP contribution in [0.3, 0.4) is 0 Å². The third-order valence-corrected chi connectivity index (χ3v) is 1.45. The van der Waals surface area contributed by atoms with Crippen molar-refractivity contribution in [1.82, 2.24) is 5.32 Å². The number of aliphatic hydroxyl groups is 1. The maximum atomic E-state index is 11.0. The van der Waals surface area contributed by atoms with Gasteiger partial charge in [-0.3, -0.25) is 4.79 Å². The van der Waals surface area contributed by atoms with E-state index in [-0.39, 0.29) is 13.0 Å². The first-order chi connectivity index (χ1) is 5.99. The van der Waals surface area contributed by atoms with E-state index in [2.05, 4.69) is 5.32 Å². The van der Waals surface area contributed by atoms with E-state index < -0.39 is 24.0 Å². The maximum absolute atomic E-state index is 11.0. The van der Waals surface area contributed by atoms with Gasteiger partial charge in [0, 0.05) is 13.0 Å². The Morgan fingerprint density at radius 2 is 2.08 bits per heavy atom. The third kappa shape index (κ3) is 4.44. The Balaban J connectivity index is 4.10. The molecule has 0 unspecified atom stereocenters. The van der Waals surface area contributed by atoms with Gasteiger partial charge in [0.1, 0.15) is 6.04 Å². The molecule has 0 saturated heterocycles. The molecule has 0 radical (unpaired) electrons. The summed E-state index contributed by atoms with van der Waals surface area (Å²) < 4.78 is 0. The summed E-state index contributed by atoms with van der Waals surface area (Å²) in [5.74, 6) is -1.72. The monoisotopic (exact) mass is 190 g/mol. The lowest BCUT2D eigenvalue weighted by Crippen LogP contribution is -2.47. The smallest absolute Gasteiger partial charge is 0.326 e. The van der Waals surface area contributed by atoms with Gasteiger partial charge in [-0.1, -0.05) is 0 Å². The Kier molecular flexibility index (Phi) is 5.01. The molecule has 0 spiro atoms. The summed E-state index contributed by atoms with van der Waals surface area (Å²) in [7, 11) is 0. The molecule has 0 bridgehead atoms. The van der Waals surface area contributed by atoms with Gasteiger partial charge in [0.05, 0.1) is 6.04 Å². The summed E-state index contributed by atoms with van der Waals surface area (Å²) in [6.07, 6.45) is -0.0200. The normalized spacial score (nSPS) is 14.7. The Morgan fingerprint density at radius 1 is 1.54 bits per heavy atom. The Labute approximate surface area is 75.7 Å². The van der Waals surface area contributed by atoms with Gasteiger partial charge in [-0.2, -0.15) is 0 Å². The second-order valence-corrected chi connectivity index (χ2v) is 2.70. The second-order valence-electron chi connectivity index (χ2n) is 2.70. The van der Waals surface area contributed by atoms with E-state index in [1.807, 2.05) is 0 Å². The van der Waals surface area contributed by atoms with Crippen LogP contribution in [0.1, 0.15) is 13.3 Å². The van der Waals surface area contributed by atoms with Crippen LogP contribution in [-0.2, 0) is 9.59 Å². The van der Waals surface area contributed by atoms with Gasteiger partial charge in [0.25, 0.3) is 0 Å². The van der Waals surface area contributed by atoms with E-state index in [1.165, 1.54) is 6.92 Å². The molecule has 0 aromatic heterocycles. The number of carbonyl (C=O) groups excluding carboxylic acids is 1. The zero-order valence-corrected chi connectivity index (χ0v) is 7.36. The Hall–Kier alpha value is -1.14. The molecule has 6 nitrogen and oxygen atoms in total. The average molecular weight is 190 g/mol. The van der Waals surface area contributed by atoms with E-state index in [4.69, 9.17) is 15.9 Å². The number of rotatable bonds is 5. The van der Waals surface area contributed by atoms with E-state index in [0.717, 1.165) is 0 Å². The number of amides is 1.